The van der Waals surface area contributed by atoms with E-state index < -0.39 is 17.6 Å². The second-order valence-electron chi connectivity index (χ2n) is 8.04. The van der Waals surface area contributed by atoms with Crippen LogP contribution in [0.1, 0.15) is 53.7 Å². The summed E-state index contributed by atoms with van der Waals surface area (Å²) < 4.78 is 14.0. The van der Waals surface area contributed by atoms with Gasteiger partial charge in [-0.05, 0) is 60.4 Å². The molecule has 3 amide bonds. The summed E-state index contributed by atoms with van der Waals surface area (Å²) in [4.78, 5) is 40.9. The van der Waals surface area contributed by atoms with Crippen LogP contribution in [0.5, 0.6) is 0 Å². The van der Waals surface area contributed by atoms with Gasteiger partial charge in [0.1, 0.15) is 12.2 Å². The van der Waals surface area contributed by atoms with Gasteiger partial charge in [-0.1, -0.05) is 31.2 Å². The van der Waals surface area contributed by atoms with E-state index in [2.05, 4.69) is 15.6 Å². The Labute approximate surface area is 185 Å². The molecule has 2 N–H and O–H groups in total. The van der Waals surface area contributed by atoms with Crippen LogP contribution in [0, 0.1) is 0 Å². The Kier molecular flexibility index (Phi) is 5.99. The molecular weight excluding hydrogens is 409 g/mol. The van der Waals surface area contributed by atoms with Crippen LogP contribution in [0.3, 0.4) is 0 Å². The number of piperidine rings is 1. The van der Waals surface area contributed by atoms with Gasteiger partial charge in [-0.2, -0.15) is 0 Å². The number of imide groups is 1. The highest BCUT2D eigenvalue weighted by molar-refractivity contribution is 6.05. The maximum absolute atomic E-state index is 14.0. The Bertz CT molecular complexity index is 1090. The van der Waals surface area contributed by atoms with Gasteiger partial charge in [0.25, 0.3) is 5.91 Å². The molecule has 1 fully saturated rings. The minimum atomic E-state index is -1.19. The molecule has 3 unspecified atom stereocenters. The number of aliphatic imine (C=N–C) groups is 1. The van der Waals surface area contributed by atoms with Gasteiger partial charge in [-0.25, -0.2) is 4.39 Å². The summed E-state index contributed by atoms with van der Waals surface area (Å²) in [5.74, 6) is -0.816. The fraction of sp³-hybridized carbons (Fsp3) is 0.280. The molecule has 0 saturated carbocycles. The summed E-state index contributed by atoms with van der Waals surface area (Å²) in [6, 6.07) is 13.2. The van der Waals surface area contributed by atoms with E-state index in [4.69, 9.17) is 0 Å². The summed E-state index contributed by atoms with van der Waals surface area (Å²) in [6.45, 7) is 1.93. The number of benzene rings is 2. The minimum absolute atomic E-state index is 0.247. The number of hydrogen-bond acceptors (Lipinski definition) is 4. The van der Waals surface area contributed by atoms with Crippen molar-refractivity contribution >= 4 is 29.6 Å². The van der Waals surface area contributed by atoms with Crippen LogP contribution in [0.25, 0.3) is 0 Å². The molecule has 2 aliphatic rings. The van der Waals surface area contributed by atoms with Crippen molar-refractivity contribution in [3.63, 3.8) is 0 Å². The predicted molar refractivity (Wildman–Crippen MR) is 120 cm³/mol. The van der Waals surface area contributed by atoms with Gasteiger partial charge < -0.3 is 5.32 Å². The lowest BCUT2D eigenvalue weighted by atomic mass is 9.72. The topological polar surface area (TPSA) is 87.6 Å². The molecule has 0 aromatic heterocycles. The van der Waals surface area contributed by atoms with Crippen molar-refractivity contribution in [1.29, 1.82) is 0 Å². The lowest BCUT2D eigenvalue weighted by Gasteiger charge is -2.35. The Hall–Kier alpha value is -3.61. The standard InChI is InChI=1S/C25H24FN3O3/c1-2-25(14-13-21(30)29-24(25)32)18-9-11-19(12-10-18)28-23(31)17-7-5-16(6-8-17)22-20(26)4-3-15-27-22/h3-12,15,20,22H,2,13-14H2,1H3,(H,28,31)(H,29,30,32). The smallest absolute Gasteiger partial charge is 0.255 e. The minimum Gasteiger partial charge on any atom is -0.322 e. The van der Waals surface area contributed by atoms with E-state index in [0.717, 1.165) is 5.56 Å². The average molecular weight is 433 g/mol. The van der Waals surface area contributed by atoms with Crippen LogP contribution in [0.15, 0.2) is 65.7 Å². The lowest BCUT2D eigenvalue weighted by molar-refractivity contribution is -0.138. The molecule has 6 nitrogen and oxygen atoms in total. The number of nitrogens with zero attached hydrogens (tertiary/aromatic N) is 1. The Morgan fingerprint density at radius 1 is 1.16 bits per heavy atom. The monoisotopic (exact) mass is 433 g/mol. The third-order valence-corrected chi connectivity index (χ3v) is 6.21. The lowest BCUT2D eigenvalue weighted by Crippen LogP contribution is -2.51. The first kappa shape index (κ1) is 21.6. The molecule has 164 valence electrons. The fourth-order valence-electron chi connectivity index (χ4n) is 4.23. The highest BCUT2D eigenvalue weighted by atomic mass is 19.1. The number of hydrogen-bond donors (Lipinski definition) is 2. The van der Waals surface area contributed by atoms with Gasteiger partial charge in [-0.15, -0.1) is 0 Å². The first-order chi connectivity index (χ1) is 15.4. The van der Waals surface area contributed by atoms with Gasteiger partial charge in [-0.3, -0.25) is 24.7 Å². The van der Waals surface area contributed by atoms with E-state index in [0.29, 0.717) is 36.1 Å². The number of rotatable bonds is 5. The molecule has 2 heterocycles. The second-order valence-corrected chi connectivity index (χ2v) is 8.04. The second kappa shape index (κ2) is 8.86. The molecule has 0 aliphatic carbocycles. The molecule has 0 radical (unpaired) electrons. The maximum atomic E-state index is 14.0. The molecule has 0 spiro atoms. The molecular formula is C25H24FN3O3. The molecule has 7 heteroatoms. The summed E-state index contributed by atoms with van der Waals surface area (Å²) >= 11 is 0. The average Bonchev–Trinajstić information content (AvgIpc) is 2.81. The number of carbonyl (C=O) groups excluding carboxylic acids is 3. The van der Waals surface area contributed by atoms with E-state index in [1.165, 1.54) is 6.08 Å². The first-order valence-electron chi connectivity index (χ1n) is 10.6. The molecule has 2 aliphatic heterocycles. The van der Waals surface area contributed by atoms with Crippen molar-refractivity contribution in [3.05, 3.63) is 77.4 Å². The van der Waals surface area contributed by atoms with Gasteiger partial charge in [0.15, 0.2) is 0 Å². The van der Waals surface area contributed by atoms with Crippen LogP contribution in [-0.4, -0.2) is 30.1 Å². The van der Waals surface area contributed by atoms with Gasteiger partial charge in [0.2, 0.25) is 11.8 Å². The normalized spacial score (nSPS) is 24.8. The van der Waals surface area contributed by atoms with Crippen LogP contribution in [0.4, 0.5) is 10.1 Å². The Morgan fingerprint density at radius 3 is 2.50 bits per heavy atom. The number of halogens is 1. The fourth-order valence-corrected chi connectivity index (χ4v) is 4.23. The van der Waals surface area contributed by atoms with Gasteiger partial charge >= 0.3 is 0 Å². The molecule has 2 aromatic carbocycles. The Morgan fingerprint density at radius 2 is 1.88 bits per heavy atom. The largest absolute Gasteiger partial charge is 0.322 e. The summed E-state index contributed by atoms with van der Waals surface area (Å²) in [5.41, 5.74) is 1.81. The van der Waals surface area contributed by atoms with Crippen LogP contribution < -0.4 is 10.6 Å². The van der Waals surface area contributed by atoms with E-state index in [-0.39, 0.29) is 17.7 Å². The molecule has 2 aromatic rings. The number of anilines is 1. The molecule has 3 atom stereocenters. The van der Waals surface area contributed by atoms with Crippen molar-refractivity contribution in [1.82, 2.24) is 5.32 Å². The van der Waals surface area contributed by atoms with Crippen molar-refractivity contribution in [3.8, 4) is 0 Å². The van der Waals surface area contributed by atoms with Gasteiger partial charge in [0, 0.05) is 23.9 Å². The zero-order chi connectivity index (χ0) is 22.7. The van der Waals surface area contributed by atoms with E-state index in [1.807, 2.05) is 19.1 Å². The highest BCUT2D eigenvalue weighted by Crippen LogP contribution is 2.36. The summed E-state index contributed by atoms with van der Waals surface area (Å²) in [6.07, 6.45) is 4.77. The third kappa shape index (κ3) is 4.10. The quantitative estimate of drug-likeness (QED) is 0.698. The van der Waals surface area contributed by atoms with Crippen LogP contribution in [-0.2, 0) is 15.0 Å². The van der Waals surface area contributed by atoms with Gasteiger partial charge in [0.05, 0.1) is 5.41 Å². The Balaban J connectivity index is 1.45. The summed E-state index contributed by atoms with van der Waals surface area (Å²) in [5, 5.41) is 5.27. The van der Waals surface area contributed by atoms with E-state index in [1.54, 1.807) is 48.7 Å². The van der Waals surface area contributed by atoms with Crippen molar-refractivity contribution in [2.45, 2.75) is 43.8 Å². The molecule has 4 rings (SSSR count). The van der Waals surface area contributed by atoms with E-state index >= 15 is 0 Å². The molecule has 0 bridgehead atoms. The predicted octanol–water partition coefficient (Wildman–Crippen LogP) is 4.04. The number of amides is 3. The maximum Gasteiger partial charge on any atom is 0.255 e. The van der Waals surface area contributed by atoms with Crippen molar-refractivity contribution in [2.75, 3.05) is 5.32 Å². The third-order valence-electron chi connectivity index (χ3n) is 6.21. The zero-order valence-corrected chi connectivity index (χ0v) is 17.7. The summed E-state index contributed by atoms with van der Waals surface area (Å²) in [7, 11) is 0. The highest BCUT2D eigenvalue weighted by Gasteiger charge is 2.42. The van der Waals surface area contributed by atoms with Crippen LogP contribution >= 0.6 is 0 Å². The van der Waals surface area contributed by atoms with Crippen LogP contribution in [0.2, 0.25) is 0 Å². The number of alkyl halides is 1. The number of dihydropyridines is 1. The zero-order valence-electron chi connectivity index (χ0n) is 17.7. The van der Waals surface area contributed by atoms with Crippen molar-refractivity contribution < 1.29 is 18.8 Å². The number of nitrogens with one attached hydrogen (secondary N) is 2. The van der Waals surface area contributed by atoms with Crippen molar-refractivity contribution in [2.24, 2.45) is 4.99 Å². The first-order valence-corrected chi connectivity index (χ1v) is 10.6. The SMILES string of the molecule is CCC1(c2ccc(NC(=O)c3ccc(C4N=CC=CC4F)cc3)cc2)CCC(=O)NC1=O. The molecule has 1 saturated heterocycles. The van der Waals surface area contributed by atoms with E-state index in [9.17, 15) is 18.8 Å². The molecule has 32 heavy (non-hydrogen) atoms. The number of allylic oxidation sites excluding steroid dienone is 1. The number of carbonyl (C=O) groups is 3.